The Bertz CT molecular complexity index is 1560. The van der Waals surface area contributed by atoms with Gasteiger partial charge in [-0.3, -0.25) is 4.90 Å². The zero-order valence-corrected chi connectivity index (χ0v) is 21.3. The largest absolute Gasteiger partial charge is 0.440 e. The van der Waals surface area contributed by atoms with Gasteiger partial charge in [-0.05, 0) is 49.4 Å². The van der Waals surface area contributed by atoms with Gasteiger partial charge < -0.3 is 14.9 Å². The number of ether oxygens (including phenoxy) is 1. The van der Waals surface area contributed by atoms with Crippen molar-refractivity contribution in [3.05, 3.63) is 66.3 Å². The number of nitrogens with two attached hydrogens (primary N) is 1. The number of hydrogen-bond acceptors (Lipinski definition) is 8. The van der Waals surface area contributed by atoms with Crippen LogP contribution in [0.25, 0.3) is 33.4 Å². The molecule has 1 aliphatic heterocycles. The lowest BCUT2D eigenvalue weighted by atomic mass is 9.90. The van der Waals surface area contributed by atoms with Crippen molar-refractivity contribution >= 4 is 28.0 Å². The molecular formula is C29H31N7O2. The molecule has 3 aromatic heterocycles. The van der Waals surface area contributed by atoms with E-state index in [1.165, 1.54) is 6.33 Å². The molecule has 5 aromatic rings. The van der Waals surface area contributed by atoms with Gasteiger partial charge in [0.15, 0.2) is 17.1 Å². The molecule has 194 valence electrons. The number of nitrogen functional groups attached to an aromatic ring is 1. The van der Waals surface area contributed by atoms with Gasteiger partial charge in [-0.15, -0.1) is 0 Å². The third kappa shape index (κ3) is 4.31. The molecule has 0 spiro atoms. The summed E-state index contributed by atoms with van der Waals surface area (Å²) in [6, 6.07) is 17.1. The van der Waals surface area contributed by atoms with Crippen LogP contribution < -0.4 is 5.73 Å². The Morgan fingerprint density at radius 1 is 0.921 bits per heavy atom. The topological polar surface area (TPSA) is 108 Å². The van der Waals surface area contributed by atoms with Crippen LogP contribution in [0.3, 0.4) is 0 Å². The fourth-order valence-corrected chi connectivity index (χ4v) is 6.03. The maximum absolute atomic E-state index is 6.40. The van der Waals surface area contributed by atoms with E-state index in [4.69, 9.17) is 25.0 Å². The summed E-state index contributed by atoms with van der Waals surface area (Å²) in [5.74, 6) is 1.14. The highest BCUT2D eigenvalue weighted by atomic mass is 16.5. The van der Waals surface area contributed by atoms with Crippen molar-refractivity contribution in [2.75, 3.05) is 32.0 Å². The monoisotopic (exact) mass is 509 g/mol. The van der Waals surface area contributed by atoms with Gasteiger partial charge in [0.1, 0.15) is 23.4 Å². The third-order valence-corrected chi connectivity index (χ3v) is 8.00. The van der Waals surface area contributed by atoms with Crippen molar-refractivity contribution in [1.29, 1.82) is 0 Å². The minimum atomic E-state index is 0.283. The Labute approximate surface area is 220 Å². The molecule has 9 heteroatoms. The molecular weight excluding hydrogens is 478 g/mol. The number of rotatable bonds is 5. The molecule has 1 saturated heterocycles. The Balaban J connectivity index is 1.19. The molecule has 38 heavy (non-hydrogen) atoms. The van der Waals surface area contributed by atoms with E-state index in [0.29, 0.717) is 24.2 Å². The molecule has 2 aromatic carbocycles. The molecule has 0 unspecified atom stereocenters. The second-order valence-electron chi connectivity index (χ2n) is 10.3. The zero-order valence-electron chi connectivity index (χ0n) is 21.3. The zero-order chi connectivity index (χ0) is 25.5. The summed E-state index contributed by atoms with van der Waals surface area (Å²) in [6.45, 7) is 3.75. The normalized spacial score (nSPS) is 20.8. The molecule has 1 aliphatic carbocycles. The molecule has 2 aliphatic rings. The highest BCUT2D eigenvalue weighted by Gasteiger charge is 2.30. The standard InChI is InChI=1S/C29H31N7O2/c30-28-26-27(20-6-11-24-23(17-20)33-25(38-24)16-19-4-2-1-3-5-19)34-36(29(26)32-18-31-28)22-9-7-21(8-10-22)35-12-14-37-15-13-35/h1-6,11,17-18,21-22H,7-10,12-16H2,(H2,30,31,32). The van der Waals surface area contributed by atoms with Crippen LogP contribution in [0.2, 0.25) is 0 Å². The van der Waals surface area contributed by atoms with E-state index in [1.807, 2.05) is 36.4 Å². The number of hydrogen-bond donors (Lipinski definition) is 1. The predicted molar refractivity (Wildman–Crippen MR) is 146 cm³/mol. The Morgan fingerprint density at radius 2 is 1.71 bits per heavy atom. The Hall–Kier alpha value is -3.82. The fraction of sp³-hybridized carbons (Fsp3) is 0.379. The lowest BCUT2D eigenvalue weighted by molar-refractivity contribution is 0.00520. The second-order valence-corrected chi connectivity index (χ2v) is 10.3. The number of oxazole rings is 1. The van der Waals surface area contributed by atoms with Crippen LogP contribution in [-0.2, 0) is 11.2 Å². The van der Waals surface area contributed by atoms with E-state index >= 15 is 0 Å². The molecule has 4 heterocycles. The number of anilines is 1. The smallest absolute Gasteiger partial charge is 0.199 e. The van der Waals surface area contributed by atoms with E-state index in [0.717, 1.165) is 90.9 Å². The molecule has 7 rings (SSSR count). The summed E-state index contributed by atoms with van der Waals surface area (Å²) in [5, 5.41) is 5.91. The third-order valence-electron chi connectivity index (χ3n) is 8.00. The van der Waals surface area contributed by atoms with E-state index in [-0.39, 0.29) is 6.04 Å². The molecule has 1 saturated carbocycles. The van der Waals surface area contributed by atoms with E-state index in [1.54, 1.807) is 0 Å². The molecule has 9 nitrogen and oxygen atoms in total. The van der Waals surface area contributed by atoms with Gasteiger partial charge >= 0.3 is 0 Å². The van der Waals surface area contributed by atoms with Crippen molar-refractivity contribution in [1.82, 2.24) is 29.6 Å². The first kappa shape index (κ1) is 23.3. The van der Waals surface area contributed by atoms with E-state index in [9.17, 15) is 0 Å². The van der Waals surface area contributed by atoms with E-state index < -0.39 is 0 Å². The predicted octanol–water partition coefficient (Wildman–Crippen LogP) is 4.62. The SMILES string of the molecule is Nc1ncnc2c1c(-c1ccc3oc(Cc4ccccc4)nc3c1)nn2C1CCC(N2CCOCC2)CC1. The van der Waals surface area contributed by atoms with Crippen molar-refractivity contribution in [2.45, 2.75) is 44.2 Å². The molecule has 0 amide bonds. The van der Waals surface area contributed by atoms with Crippen LogP contribution in [0, 0.1) is 0 Å². The van der Waals surface area contributed by atoms with Gasteiger partial charge in [-0.1, -0.05) is 30.3 Å². The van der Waals surface area contributed by atoms with Crippen LogP contribution in [0.4, 0.5) is 5.82 Å². The fourth-order valence-electron chi connectivity index (χ4n) is 6.03. The summed E-state index contributed by atoms with van der Waals surface area (Å²) in [4.78, 5) is 16.3. The van der Waals surface area contributed by atoms with Gasteiger partial charge in [0.25, 0.3) is 0 Å². The first-order valence-corrected chi connectivity index (χ1v) is 13.5. The first-order valence-electron chi connectivity index (χ1n) is 13.5. The van der Waals surface area contributed by atoms with Crippen LogP contribution in [-0.4, -0.2) is 62.0 Å². The maximum atomic E-state index is 6.40. The minimum Gasteiger partial charge on any atom is -0.440 e. The number of morpholine rings is 1. The highest BCUT2D eigenvalue weighted by Crippen LogP contribution is 2.37. The van der Waals surface area contributed by atoms with Gasteiger partial charge in [-0.2, -0.15) is 5.10 Å². The summed E-state index contributed by atoms with van der Waals surface area (Å²) in [5.41, 5.74) is 11.7. The van der Waals surface area contributed by atoms with Crippen molar-refractivity contribution in [3.8, 4) is 11.3 Å². The number of aromatic nitrogens is 5. The van der Waals surface area contributed by atoms with Gasteiger partial charge in [0.05, 0.1) is 24.6 Å². The minimum absolute atomic E-state index is 0.283. The number of fused-ring (bicyclic) bond motifs is 2. The van der Waals surface area contributed by atoms with Crippen LogP contribution in [0.5, 0.6) is 0 Å². The maximum Gasteiger partial charge on any atom is 0.199 e. The first-order chi connectivity index (χ1) is 18.7. The lowest BCUT2D eigenvalue weighted by Gasteiger charge is -2.38. The van der Waals surface area contributed by atoms with Gasteiger partial charge in [0.2, 0.25) is 0 Å². The van der Waals surface area contributed by atoms with Crippen LogP contribution in [0.1, 0.15) is 43.2 Å². The molecule has 2 N–H and O–H groups in total. The summed E-state index contributed by atoms with van der Waals surface area (Å²) in [6.07, 6.45) is 6.61. The van der Waals surface area contributed by atoms with Gasteiger partial charge in [0, 0.05) is 31.1 Å². The average molecular weight is 510 g/mol. The van der Waals surface area contributed by atoms with E-state index in [2.05, 4.69) is 31.7 Å². The summed E-state index contributed by atoms with van der Waals surface area (Å²) in [7, 11) is 0. The van der Waals surface area contributed by atoms with Crippen LogP contribution >= 0.6 is 0 Å². The molecule has 0 atom stereocenters. The number of nitrogens with zero attached hydrogens (tertiary/aromatic N) is 6. The Kier molecular flexibility index (Phi) is 6.02. The Morgan fingerprint density at radius 3 is 2.53 bits per heavy atom. The molecule has 2 fully saturated rings. The summed E-state index contributed by atoms with van der Waals surface area (Å²) >= 11 is 0. The van der Waals surface area contributed by atoms with Gasteiger partial charge in [-0.25, -0.2) is 19.6 Å². The van der Waals surface area contributed by atoms with Crippen molar-refractivity contribution in [2.24, 2.45) is 0 Å². The molecule has 0 radical (unpaired) electrons. The van der Waals surface area contributed by atoms with Crippen LogP contribution in [0.15, 0.2) is 59.3 Å². The highest BCUT2D eigenvalue weighted by molar-refractivity contribution is 5.99. The number of benzene rings is 2. The van der Waals surface area contributed by atoms with Crippen molar-refractivity contribution < 1.29 is 9.15 Å². The summed E-state index contributed by atoms with van der Waals surface area (Å²) < 4.78 is 13.7. The quantitative estimate of drug-likeness (QED) is 0.366. The lowest BCUT2D eigenvalue weighted by Crippen LogP contribution is -2.45. The average Bonchev–Trinajstić information content (AvgIpc) is 3.56. The molecule has 0 bridgehead atoms. The van der Waals surface area contributed by atoms with Crippen molar-refractivity contribution in [3.63, 3.8) is 0 Å². The second kappa shape index (κ2) is 9.81.